The summed E-state index contributed by atoms with van der Waals surface area (Å²) in [6, 6.07) is 16.3. The van der Waals surface area contributed by atoms with Crippen molar-refractivity contribution in [3.8, 4) is 5.75 Å². The second kappa shape index (κ2) is 7.01. The van der Waals surface area contributed by atoms with Crippen molar-refractivity contribution in [3.63, 3.8) is 0 Å². The number of nitrogens with one attached hydrogen (secondary N) is 1. The third-order valence-corrected chi connectivity index (χ3v) is 3.65. The first kappa shape index (κ1) is 15.2. The van der Waals surface area contributed by atoms with Crippen molar-refractivity contribution < 1.29 is 4.74 Å². The molecule has 3 aromatic rings. The highest BCUT2D eigenvalue weighted by molar-refractivity contribution is 5.78. The average molecular weight is 307 g/mol. The van der Waals surface area contributed by atoms with Gasteiger partial charge in [0, 0.05) is 13.1 Å². The molecule has 0 saturated heterocycles. The number of aromatic nitrogens is 2. The van der Waals surface area contributed by atoms with Crippen molar-refractivity contribution in [2.24, 2.45) is 0 Å². The van der Waals surface area contributed by atoms with E-state index in [2.05, 4.69) is 39.6 Å². The smallest absolute Gasteiger partial charge is 0.204 e. The van der Waals surface area contributed by atoms with Crippen molar-refractivity contribution in [1.29, 1.82) is 0 Å². The van der Waals surface area contributed by atoms with Crippen molar-refractivity contribution in [2.45, 2.75) is 20.0 Å². The monoisotopic (exact) mass is 307 g/mol. The highest BCUT2D eigenvalue weighted by Crippen LogP contribution is 2.20. The Hall–Kier alpha value is -2.75. The molecule has 0 radical (unpaired) electrons. The Morgan fingerprint density at radius 3 is 2.70 bits per heavy atom. The van der Waals surface area contributed by atoms with Crippen LogP contribution in [-0.4, -0.2) is 16.2 Å². The zero-order chi connectivity index (χ0) is 16.1. The summed E-state index contributed by atoms with van der Waals surface area (Å²) in [7, 11) is 0. The summed E-state index contributed by atoms with van der Waals surface area (Å²) in [6.07, 6.45) is 1.89. The minimum atomic E-state index is 0.684. The molecule has 1 heterocycles. The molecule has 23 heavy (non-hydrogen) atoms. The van der Waals surface area contributed by atoms with Gasteiger partial charge in [-0.1, -0.05) is 30.3 Å². The van der Waals surface area contributed by atoms with Gasteiger partial charge in [0.1, 0.15) is 5.75 Å². The fourth-order valence-corrected chi connectivity index (χ4v) is 2.58. The van der Waals surface area contributed by atoms with E-state index in [1.807, 2.05) is 43.3 Å². The highest BCUT2D eigenvalue weighted by Gasteiger charge is 2.08. The van der Waals surface area contributed by atoms with E-state index in [1.54, 1.807) is 0 Å². The van der Waals surface area contributed by atoms with Crippen LogP contribution < -0.4 is 10.1 Å². The topological polar surface area (TPSA) is 39.1 Å². The number of anilines is 1. The van der Waals surface area contributed by atoms with Gasteiger partial charge in [0.2, 0.25) is 5.95 Å². The Kier molecular flexibility index (Phi) is 4.62. The van der Waals surface area contributed by atoms with Gasteiger partial charge in [-0.15, -0.1) is 6.58 Å². The van der Waals surface area contributed by atoms with E-state index in [0.29, 0.717) is 13.2 Å². The first-order valence-corrected chi connectivity index (χ1v) is 7.83. The third kappa shape index (κ3) is 3.37. The third-order valence-electron chi connectivity index (χ3n) is 3.65. The standard InChI is InChI=1S/C19H21N3O/c1-3-13-22-18-8-6-5-7-17(18)21-19(22)20-14-15-9-11-16(12-10-15)23-4-2/h3,5-12H,1,4,13-14H2,2H3,(H,20,21). The lowest BCUT2D eigenvalue weighted by Crippen LogP contribution is -2.07. The molecule has 0 aliphatic carbocycles. The van der Waals surface area contributed by atoms with Gasteiger partial charge < -0.3 is 14.6 Å². The van der Waals surface area contributed by atoms with Crippen LogP contribution in [0.15, 0.2) is 61.2 Å². The maximum absolute atomic E-state index is 5.47. The van der Waals surface area contributed by atoms with Crippen LogP contribution in [0.4, 0.5) is 5.95 Å². The summed E-state index contributed by atoms with van der Waals surface area (Å²) < 4.78 is 7.60. The van der Waals surface area contributed by atoms with Gasteiger partial charge in [-0.2, -0.15) is 0 Å². The highest BCUT2D eigenvalue weighted by atomic mass is 16.5. The van der Waals surface area contributed by atoms with Crippen LogP contribution in [0, 0.1) is 0 Å². The number of fused-ring (bicyclic) bond motifs is 1. The molecule has 0 aliphatic rings. The molecular formula is C19H21N3O. The molecule has 3 rings (SSSR count). The second-order valence-corrected chi connectivity index (χ2v) is 5.25. The molecule has 0 amide bonds. The Morgan fingerprint density at radius 1 is 1.17 bits per heavy atom. The number of hydrogen-bond donors (Lipinski definition) is 1. The lowest BCUT2D eigenvalue weighted by molar-refractivity contribution is 0.340. The van der Waals surface area contributed by atoms with Crippen LogP contribution in [0.2, 0.25) is 0 Å². The molecule has 118 valence electrons. The lowest BCUT2D eigenvalue weighted by Gasteiger charge is -2.09. The van der Waals surface area contributed by atoms with Gasteiger partial charge >= 0.3 is 0 Å². The second-order valence-electron chi connectivity index (χ2n) is 5.25. The van der Waals surface area contributed by atoms with Gasteiger partial charge in [0.15, 0.2) is 0 Å². The SMILES string of the molecule is C=CCn1c(NCc2ccc(OCC)cc2)nc2ccccc21. The zero-order valence-electron chi connectivity index (χ0n) is 13.3. The normalized spacial score (nSPS) is 10.7. The quantitative estimate of drug-likeness (QED) is 0.664. The van der Waals surface area contributed by atoms with Gasteiger partial charge in [0.25, 0.3) is 0 Å². The molecular weight excluding hydrogens is 286 g/mol. The largest absolute Gasteiger partial charge is 0.494 e. The van der Waals surface area contributed by atoms with E-state index in [4.69, 9.17) is 4.74 Å². The Balaban J connectivity index is 1.78. The number of para-hydroxylation sites is 2. The molecule has 1 aromatic heterocycles. The van der Waals surface area contributed by atoms with Crippen molar-refractivity contribution in [1.82, 2.24) is 9.55 Å². The molecule has 0 spiro atoms. The Bertz CT molecular complexity index is 790. The van der Waals surface area contributed by atoms with Gasteiger partial charge in [-0.25, -0.2) is 4.98 Å². The number of benzene rings is 2. The van der Waals surface area contributed by atoms with Crippen molar-refractivity contribution in [2.75, 3.05) is 11.9 Å². The Labute approximate surface area is 136 Å². The van der Waals surface area contributed by atoms with E-state index in [-0.39, 0.29) is 0 Å². The number of nitrogens with zero attached hydrogens (tertiary/aromatic N) is 2. The average Bonchev–Trinajstić information content (AvgIpc) is 2.93. The lowest BCUT2D eigenvalue weighted by atomic mass is 10.2. The summed E-state index contributed by atoms with van der Waals surface area (Å²) in [5.41, 5.74) is 3.29. The minimum Gasteiger partial charge on any atom is -0.494 e. The van der Waals surface area contributed by atoms with Gasteiger partial charge in [-0.05, 0) is 36.8 Å². The summed E-state index contributed by atoms with van der Waals surface area (Å²) in [5, 5.41) is 3.42. The zero-order valence-corrected chi connectivity index (χ0v) is 13.3. The van der Waals surface area contributed by atoms with Gasteiger partial charge in [-0.3, -0.25) is 0 Å². The maximum Gasteiger partial charge on any atom is 0.204 e. The first-order chi connectivity index (χ1) is 11.3. The predicted molar refractivity (Wildman–Crippen MR) is 94.9 cm³/mol. The number of rotatable bonds is 7. The van der Waals surface area contributed by atoms with E-state index in [1.165, 1.54) is 5.56 Å². The number of hydrogen-bond acceptors (Lipinski definition) is 3. The summed E-state index contributed by atoms with van der Waals surface area (Å²) in [6.45, 7) is 7.95. The number of ether oxygens (including phenoxy) is 1. The van der Waals surface area contributed by atoms with Crippen LogP contribution in [0.1, 0.15) is 12.5 Å². The fourth-order valence-electron chi connectivity index (χ4n) is 2.58. The fraction of sp³-hybridized carbons (Fsp3) is 0.211. The van der Waals surface area contributed by atoms with Crippen LogP contribution in [-0.2, 0) is 13.1 Å². The van der Waals surface area contributed by atoms with Gasteiger partial charge in [0.05, 0.1) is 17.6 Å². The molecule has 0 bridgehead atoms. The molecule has 1 N–H and O–H groups in total. The van der Waals surface area contributed by atoms with Crippen molar-refractivity contribution in [3.05, 3.63) is 66.7 Å². The van der Waals surface area contributed by atoms with Crippen LogP contribution in [0.25, 0.3) is 11.0 Å². The molecule has 4 heteroatoms. The van der Waals surface area contributed by atoms with E-state index < -0.39 is 0 Å². The number of imidazole rings is 1. The predicted octanol–water partition coefficient (Wildman–Crippen LogP) is 4.23. The molecule has 0 aliphatic heterocycles. The van der Waals surface area contributed by atoms with Crippen molar-refractivity contribution >= 4 is 17.0 Å². The summed E-state index contributed by atoms with van der Waals surface area (Å²) in [5.74, 6) is 1.76. The van der Waals surface area contributed by atoms with Crippen LogP contribution in [0.5, 0.6) is 5.75 Å². The molecule has 2 aromatic carbocycles. The molecule has 0 saturated carbocycles. The Morgan fingerprint density at radius 2 is 1.96 bits per heavy atom. The number of allylic oxidation sites excluding steroid dienone is 1. The minimum absolute atomic E-state index is 0.684. The van der Waals surface area contributed by atoms with E-state index >= 15 is 0 Å². The molecule has 0 fully saturated rings. The maximum atomic E-state index is 5.47. The summed E-state index contributed by atoms with van der Waals surface area (Å²) >= 11 is 0. The summed E-state index contributed by atoms with van der Waals surface area (Å²) in [4.78, 5) is 4.67. The first-order valence-electron chi connectivity index (χ1n) is 7.83. The molecule has 0 unspecified atom stereocenters. The van der Waals surface area contributed by atoms with Crippen LogP contribution in [0.3, 0.4) is 0 Å². The van der Waals surface area contributed by atoms with Crippen LogP contribution >= 0.6 is 0 Å². The van der Waals surface area contributed by atoms with E-state index in [9.17, 15) is 0 Å². The van der Waals surface area contributed by atoms with E-state index in [0.717, 1.165) is 29.3 Å². The molecule has 4 nitrogen and oxygen atoms in total. The molecule has 0 atom stereocenters.